The minimum absolute atomic E-state index is 0.113. The van der Waals surface area contributed by atoms with Gasteiger partial charge in [0.15, 0.2) is 0 Å². The van der Waals surface area contributed by atoms with Gasteiger partial charge in [0.05, 0.1) is 17.2 Å². The van der Waals surface area contributed by atoms with E-state index in [4.69, 9.17) is 21.4 Å². The molecule has 4 aliphatic carbocycles. The van der Waals surface area contributed by atoms with Crippen molar-refractivity contribution < 1.29 is 19.4 Å². The van der Waals surface area contributed by atoms with Crippen molar-refractivity contribution in [2.45, 2.75) is 44.9 Å². The number of thioether (sulfide) groups is 1. The molecule has 1 aromatic carbocycles. The van der Waals surface area contributed by atoms with E-state index >= 15 is 0 Å². The number of carboxylic acid groups (broad SMARTS) is 1. The van der Waals surface area contributed by atoms with Crippen LogP contribution < -0.4 is 15.4 Å². The van der Waals surface area contributed by atoms with E-state index in [-0.39, 0.29) is 5.91 Å². The molecule has 4 bridgehead atoms. The summed E-state index contributed by atoms with van der Waals surface area (Å²) in [6, 6.07) is 5.26. The van der Waals surface area contributed by atoms with Crippen molar-refractivity contribution in [2.24, 2.45) is 23.2 Å². The summed E-state index contributed by atoms with van der Waals surface area (Å²) >= 11 is 8.01. The number of amides is 2. The lowest BCUT2D eigenvalue weighted by Crippen LogP contribution is -2.51. The maximum absolute atomic E-state index is 12.9. The highest BCUT2D eigenvalue weighted by Gasteiger charge is 2.50. The minimum Gasteiger partial charge on any atom is -0.494 e. The number of benzene rings is 1. The Bertz CT molecular complexity index is 799. The van der Waals surface area contributed by atoms with Gasteiger partial charge < -0.3 is 20.5 Å². The molecule has 2 amide bonds. The summed E-state index contributed by atoms with van der Waals surface area (Å²) in [5, 5.41) is 14.5. The lowest BCUT2D eigenvalue weighted by molar-refractivity contribution is -0.0503. The van der Waals surface area contributed by atoms with Gasteiger partial charge in [-0.3, -0.25) is 4.79 Å². The molecule has 0 aliphatic heterocycles. The average molecular weight is 481 g/mol. The van der Waals surface area contributed by atoms with Crippen molar-refractivity contribution in [3.8, 4) is 5.75 Å². The quantitative estimate of drug-likeness (QED) is 0.385. The Labute approximate surface area is 199 Å². The fourth-order valence-corrected chi connectivity index (χ4v) is 7.30. The molecule has 4 saturated carbocycles. The Morgan fingerprint density at radius 2 is 1.78 bits per heavy atom. The van der Waals surface area contributed by atoms with Gasteiger partial charge in [-0.05, 0) is 92.1 Å². The Morgan fingerprint density at radius 3 is 2.44 bits per heavy atom. The number of ether oxygens (including phenoxy) is 1. The molecule has 8 heteroatoms. The second kappa shape index (κ2) is 10.6. The van der Waals surface area contributed by atoms with Crippen molar-refractivity contribution in [2.75, 3.05) is 31.2 Å². The number of hydrogen-bond donors (Lipinski definition) is 3. The number of nitrogens with one attached hydrogen (secondary N) is 2. The largest absolute Gasteiger partial charge is 0.494 e. The fraction of sp³-hybridized carbons (Fsp3) is 0.667. The molecule has 5 rings (SSSR count). The molecule has 0 saturated heterocycles. The predicted molar refractivity (Wildman–Crippen MR) is 128 cm³/mol. The van der Waals surface area contributed by atoms with Crippen LogP contribution in [0.3, 0.4) is 0 Å². The maximum atomic E-state index is 12.9. The van der Waals surface area contributed by atoms with E-state index in [9.17, 15) is 9.59 Å². The van der Waals surface area contributed by atoms with Crippen molar-refractivity contribution in [3.05, 3.63) is 28.8 Å². The molecule has 0 spiro atoms. The normalized spacial score (nSPS) is 27.8. The number of carbonyl (C=O) groups is 2. The molecule has 1 aromatic rings. The smallest absolute Gasteiger partial charge is 0.404 e. The average Bonchev–Trinajstić information content (AvgIpc) is 2.74. The summed E-state index contributed by atoms with van der Waals surface area (Å²) in [5.41, 5.74) is 0.769. The van der Waals surface area contributed by atoms with Crippen LogP contribution in [0.1, 0.15) is 55.3 Å². The summed E-state index contributed by atoms with van der Waals surface area (Å²) < 4.78 is 5.81. The van der Waals surface area contributed by atoms with E-state index in [1.165, 1.54) is 38.5 Å². The number of carbonyl (C=O) groups excluding carboxylic acids is 1. The Morgan fingerprint density at radius 1 is 1.09 bits per heavy atom. The van der Waals surface area contributed by atoms with Crippen molar-refractivity contribution >= 4 is 35.4 Å². The van der Waals surface area contributed by atoms with E-state index in [1.54, 1.807) is 30.0 Å². The van der Waals surface area contributed by atoms with Crippen molar-refractivity contribution in [3.63, 3.8) is 0 Å². The van der Waals surface area contributed by atoms with E-state index in [0.717, 1.165) is 42.2 Å². The van der Waals surface area contributed by atoms with E-state index in [1.807, 2.05) is 0 Å². The summed E-state index contributed by atoms with van der Waals surface area (Å²) in [5.74, 6) is 4.75. The second-order valence-electron chi connectivity index (χ2n) is 9.79. The van der Waals surface area contributed by atoms with Gasteiger partial charge in [0, 0.05) is 18.8 Å². The standard InChI is InChI=1S/C24H33ClN2O4S/c25-21-3-2-19(31-5-1-6-32-7-4-26-23(29)30)11-20(21)22(28)27-15-24-12-16-8-17(13-24)10-18(9-16)14-24/h2-3,11,16-18,26H,1,4-10,12-15H2,(H,27,28)(H,29,30). The number of halogens is 1. The topological polar surface area (TPSA) is 87.7 Å². The monoisotopic (exact) mass is 480 g/mol. The van der Waals surface area contributed by atoms with Crippen LogP contribution in [-0.4, -0.2) is 48.3 Å². The number of rotatable bonds is 11. The predicted octanol–water partition coefficient (Wildman–Crippen LogP) is 5.06. The molecule has 6 nitrogen and oxygen atoms in total. The summed E-state index contributed by atoms with van der Waals surface area (Å²) in [6.45, 7) is 1.74. The summed E-state index contributed by atoms with van der Waals surface area (Å²) in [6.07, 6.45) is 7.84. The van der Waals surface area contributed by atoms with Gasteiger partial charge >= 0.3 is 6.09 Å². The summed E-state index contributed by atoms with van der Waals surface area (Å²) in [7, 11) is 0. The Kier molecular flexibility index (Phi) is 7.77. The Hall–Kier alpha value is -1.60. The maximum Gasteiger partial charge on any atom is 0.404 e. The zero-order valence-corrected chi connectivity index (χ0v) is 20.0. The molecule has 4 fully saturated rings. The van der Waals surface area contributed by atoms with Crippen LogP contribution in [0, 0.1) is 23.2 Å². The van der Waals surface area contributed by atoms with Crippen LogP contribution in [0.4, 0.5) is 4.79 Å². The first-order valence-electron chi connectivity index (χ1n) is 11.7. The van der Waals surface area contributed by atoms with Crippen molar-refractivity contribution in [1.82, 2.24) is 10.6 Å². The molecular weight excluding hydrogens is 448 g/mol. The molecule has 176 valence electrons. The first-order valence-corrected chi connectivity index (χ1v) is 13.2. The SMILES string of the molecule is O=C(O)NCCSCCCOc1ccc(Cl)c(C(=O)NCC23CC4CC(CC(C4)C2)C3)c1. The lowest BCUT2D eigenvalue weighted by atomic mass is 9.49. The molecule has 0 radical (unpaired) electrons. The third kappa shape index (κ3) is 6.04. The molecule has 0 heterocycles. The van der Waals surface area contributed by atoms with Gasteiger partial charge in [0.1, 0.15) is 5.75 Å². The van der Waals surface area contributed by atoms with E-state index in [2.05, 4.69) is 10.6 Å². The van der Waals surface area contributed by atoms with Crippen LogP contribution in [0.2, 0.25) is 5.02 Å². The van der Waals surface area contributed by atoms with Gasteiger partial charge in [0.2, 0.25) is 0 Å². The van der Waals surface area contributed by atoms with E-state index < -0.39 is 6.09 Å². The molecule has 4 aliphatic rings. The van der Waals surface area contributed by atoms with Crippen LogP contribution in [0.15, 0.2) is 18.2 Å². The molecular formula is C24H33ClN2O4S. The van der Waals surface area contributed by atoms with Crippen LogP contribution >= 0.6 is 23.4 Å². The first kappa shape index (κ1) is 23.6. The van der Waals surface area contributed by atoms with Gasteiger partial charge in [0.25, 0.3) is 5.91 Å². The highest BCUT2D eigenvalue weighted by atomic mass is 35.5. The van der Waals surface area contributed by atoms with Crippen LogP contribution in [0.5, 0.6) is 5.75 Å². The highest BCUT2D eigenvalue weighted by molar-refractivity contribution is 7.99. The molecule has 32 heavy (non-hydrogen) atoms. The second-order valence-corrected chi connectivity index (χ2v) is 11.4. The third-order valence-electron chi connectivity index (χ3n) is 7.20. The number of hydrogen-bond acceptors (Lipinski definition) is 4. The minimum atomic E-state index is -0.991. The van der Waals surface area contributed by atoms with Crippen LogP contribution in [0.25, 0.3) is 0 Å². The van der Waals surface area contributed by atoms with Gasteiger partial charge in [-0.25, -0.2) is 4.79 Å². The Balaban J connectivity index is 1.22. The molecule has 0 aromatic heterocycles. The fourth-order valence-electron chi connectivity index (χ4n) is 6.32. The molecule has 0 atom stereocenters. The van der Waals surface area contributed by atoms with Gasteiger partial charge in [-0.1, -0.05) is 11.6 Å². The zero-order chi connectivity index (χ0) is 22.6. The highest BCUT2D eigenvalue weighted by Crippen LogP contribution is 2.59. The van der Waals surface area contributed by atoms with Gasteiger partial charge in [-0.2, -0.15) is 11.8 Å². The van der Waals surface area contributed by atoms with E-state index in [0.29, 0.717) is 34.9 Å². The van der Waals surface area contributed by atoms with Crippen LogP contribution in [-0.2, 0) is 0 Å². The lowest BCUT2D eigenvalue weighted by Gasteiger charge is -2.56. The zero-order valence-electron chi connectivity index (χ0n) is 18.4. The van der Waals surface area contributed by atoms with Crippen molar-refractivity contribution in [1.29, 1.82) is 0 Å². The first-order chi connectivity index (χ1) is 15.4. The van der Waals surface area contributed by atoms with Gasteiger partial charge in [-0.15, -0.1) is 0 Å². The molecule has 0 unspecified atom stereocenters. The molecule has 3 N–H and O–H groups in total. The third-order valence-corrected chi connectivity index (χ3v) is 8.60. The summed E-state index contributed by atoms with van der Waals surface area (Å²) in [4.78, 5) is 23.3.